The molecule has 2 amide bonds. The van der Waals surface area contributed by atoms with Crippen molar-refractivity contribution in [1.82, 2.24) is 10.6 Å². The van der Waals surface area contributed by atoms with Gasteiger partial charge in [-0.1, -0.05) is 38.4 Å². The molecule has 0 aliphatic rings. The van der Waals surface area contributed by atoms with Crippen molar-refractivity contribution in [2.24, 2.45) is 5.41 Å². The standard InChI is InChI=1S/C15H20ClFN2O3/c1-15(2,3)11(20)7-18-12(21)8-19-14(22)13-9(16)5-4-6-10(13)17/h4-6,11,20H,7-8H2,1-3H3,(H,18,21)(H,19,22). The number of carbonyl (C=O) groups excluding carboxylic acids is 2. The minimum absolute atomic E-state index is 0.0268. The quantitative estimate of drug-likeness (QED) is 0.769. The lowest BCUT2D eigenvalue weighted by Gasteiger charge is -2.25. The Morgan fingerprint density at radius 3 is 2.50 bits per heavy atom. The van der Waals surface area contributed by atoms with Crippen molar-refractivity contribution in [2.75, 3.05) is 13.1 Å². The maximum Gasteiger partial charge on any atom is 0.256 e. The van der Waals surface area contributed by atoms with Crippen LogP contribution < -0.4 is 10.6 Å². The number of amides is 2. The van der Waals surface area contributed by atoms with E-state index in [1.165, 1.54) is 12.1 Å². The fourth-order valence-corrected chi connectivity index (χ4v) is 1.79. The molecule has 0 bridgehead atoms. The van der Waals surface area contributed by atoms with Crippen molar-refractivity contribution in [3.05, 3.63) is 34.6 Å². The predicted molar refractivity (Wildman–Crippen MR) is 82.2 cm³/mol. The molecule has 1 aromatic carbocycles. The van der Waals surface area contributed by atoms with E-state index in [2.05, 4.69) is 10.6 Å². The van der Waals surface area contributed by atoms with Gasteiger partial charge in [0.25, 0.3) is 5.91 Å². The smallest absolute Gasteiger partial charge is 0.256 e. The largest absolute Gasteiger partial charge is 0.391 e. The van der Waals surface area contributed by atoms with Gasteiger partial charge in [0.15, 0.2) is 0 Å². The lowest BCUT2D eigenvalue weighted by atomic mass is 9.89. The highest BCUT2D eigenvalue weighted by Gasteiger charge is 2.22. The van der Waals surface area contributed by atoms with Gasteiger partial charge in [0.1, 0.15) is 5.82 Å². The number of hydrogen-bond donors (Lipinski definition) is 3. The summed E-state index contributed by atoms with van der Waals surface area (Å²) in [6, 6.07) is 3.88. The van der Waals surface area contributed by atoms with Crippen LogP contribution in [-0.4, -0.2) is 36.1 Å². The molecule has 1 atom stereocenters. The number of carbonyl (C=O) groups is 2. The summed E-state index contributed by atoms with van der Waals surface area (Å²) >= 11 is 5.76. The van der Waals surface area contributed by atoms with Gasteiger partial charge >= 0.3 is 0 Å². The molecule has 0 heterocycles. The van der Waals surface area contributed by atoms with Crippen LogP contribution in [0.25, 0.3) is 0 Å². The van der Waals surface area contributed by atoms with Gasteiger partial charge in [-0.15, -0.1) is 0 Å². The van der Waals surface area contributed by atoms with Crippen LogP contribution in [0.5, 0.6) is 0 Å². The van der Waals surface area contributed by atoms with Crippen LogP contribution in [0, 0.1) is 11.2 Å². The Morgan fingerprint density at radius 2 is 1.95 bits per heavy atom. The first-order valence-corrected chi connectivity index (χ1v) is 7.17. The summed E-state index contributed by atoms with van der Waals surface area (Å²) in [6.07, 6.45) is -0.715. The van der Waals surface area contributed by atoms with Crippen molar-refractivity contribution in [1.29, 1.82) is 0 Å². The second-order valence-corrected chi connectivity index (χ2v) is 6.37. The minimum atomic E-state index is -0.769. The lowest BCUT2D eigenvalue weighted by molar-refractivity contribution is -0.120. The molecule has 7 heteroatoms. The van der Waals surface area contributed by atoms with E-state index >= 15 is 0 Å². The maximum absolute atomic E-state index is 13.5. The molecule has 0 saturated heterocycles. The molecule has 0 aliphatic carbocycles. The van der Waals surface area contributed by atoms with Crippen molar-refractivity contribution in [3.63, 3.8) is 0 Å². The predicted octanol–water partition coefficient (Wildman–Crippen LogP) is 1.73. The zero-order chi connectivity index (χ0) is 16.9. The Labute approximate surface area is 133 Å². The maximum atomic E-state index is 13.5. The van der Waals surface area contributed by atoms with Crippen LogP contribution in [0.15, 0.2) is 18.2 Å². The first-order valence-electron chi connectivity index (χ1n) is 6.80. The van der Waals surface area contributed by atoms with Gasteiger partial charge in [0.2, 0.25) is 5.91 Å². The SMILES string of the molecule is CC(C)(C)C(O)CNC(=O)CNC(=O)c1c(F)cccc1Cl. The summed E-state index contributed by atoms with van der Waals surface area (Å²) < 4.78 is 13.5. The van der Waals surface area contributed by atoms with Crippen molar-refractivity contribution in [2.45, 2.75) is 26.9 Å². The molecule has 3 N–H and O–H groups in total. The molecule has 0 spiro atoms. The summed E-state index contributed by atoms with van der Waals surface area (Å²) in [4.78, 5) is 23.4. The van der Waals surface area contributed by atoms with Gasteiger partial charge < -0.3 is 15.7 Å². The number of aliphatic hydroxyl groups is 1. The van der Waals surface area contributed by atoms with Crippen molar-refractivity contribution < 1.29 is 19.1 Å². The summed E-state index contributed by atoms with van der Waals surface area (Å²) in [5.74, 6) is -2.01. The highest BCUT2D eigenvalue weighted by Crippen LogP contribution is 2.19. The topological polar surface area (TPSA) is 78.4 Å². The number of nitrogens with one attached hydrogen (secondary N) is 2. The van der Waals surface area contributed by atoms with E-state index in [1.807, 2.05) is 20.8 Å². The number of hydrogen-bond acceptors (Lipinski definition) is 3. The molecular weight excluding hydrogens is 311 g/mol. The molecule has 0 fully saturated rings. The van der Waals surface area contributed by atoms with E-state index < -0.39 is 23.7 Å². The average molecular weight is 331 g/mol. The lowest BCUT2D eigenvalue weighted by Crippen LogP contribution is -2.43. The molecule has 0 saturated carbocycles. The molecule has 22 heavy (non-hydrogen) atoms. The fraction of sp³-hybridized carbons (Fsp3) is 0.467. The van der Waals surface area contributed by atoms with Crippen LogP contribution in [0.2, 0.25) is 5.02 Å². The third-order valence-electron chi connectivity index (χ3n) is 3.09. The zero-order valence-corrected chi connectivity index (χ0v) is 13.5. The molecule has 122 valence electrons. The van der Waals surface area contributed by atoms with E-state index in [0.29, 0.717) is 0 Å². The Hall–Kier alpha value is -1.66. The summed E-state index contributed by atoms with van der Waals surface area (Å²) in [5, 5.41) is 14.5. The normalized spacial score (nSPS) is 12.6. The van der Waals surface area contributed by atoms with Crippen LogP contribution in [0.3, 0.4) is 0 Å². The summed E-state index contributed by atoms with van der Waals surface area (Å²) in [7, 11) is 0. The van der Waals surface area contributed by atoms with Gasteiger partial charge in [-0.05, 0) is 17.5 Å². The molecular formula is C15H20ClFN2O3. The van der Waals surface area contributed by atoms with Gasteiger partial charge in [0, 0.05) is 6.54 Å². The molecule has 0 aliphatic heterocycles. The third-order valence-corrected chi connectivity index (χ3v) is 3.41. The highest BCUT2D eigenvalue weighted by atomic mass is 35.5. The zero-order valence-electron chi connectivity index (χ0n) is 12.7. The highest BCUT2D eigenvalue weighted by molar-refractivity contribution is 6.33. The Bertz CT molecular complexity index is 538. The van der Waals surface area contributed by atoms with E-state index in [4.69, 9.17) is 11.6 Å². The molecule has 1 rings (SSSR count). The molecule has 0 radical (unpaired) electrons. The molecule has 1 unspecified atom stereocenters. The molecule has 1 aromatic rings. The first kappa shape index (κ1) is 18.4. The van der Waals surface area contributed by atoms with Crippen LogP contribution in [-0.2, 0) is 4.79 Å². The average Bonchev–Trinajstić information content (AvgIpc) is 2.41. The second-order valence-electron chi connectivity index (χ2n) is 5.97. The Kier molecular flexibility index (Phi) is 6.32. The van der Waals surface area contributed by atoms with Crippen LogP contribution >= 0.6 is 11.6 Å². The van der Waals surface area contributed by atoms with Crippen LogP contribution in [0.4, 0.5) is 4.39 Å². The third kappa shape index (κ3) is 5.27. The van der Waals surface area contributed by atoms with Gasteiger partial charge in [-0.2, -0.15) is 0 Å². The molecule has 5 nitrogen and oxygen atoms in total. The van der Waals surface area contributed by atoms with Gasteiger partial charge in [0.05, 0.1) is 23.2 Å². The van der Waals surface area contributed by atoms with E-state index in [-0.39, 0.29) is 29.1 Å². The number of rotatable bonds is 5. The Morgan fingerprint density at radius 1 is 1.32 bits per heavy atom. The van der Waals surface area contributed by atoms with Crippen LogP contribution in [0.1, 0.15) is 31.1 Å². The monoisotopic (exact) mass is 330 g/mol. The fourth-order valence-electron chi connectivity index (χ4n) is 1.54. The number of benzene rings is 1. The van der Waals surface area contributed by atoms with E-state index in [9.17, 15) is 19.1 Å². The van der Waals surface area contributed by atoms with E-state index in [0.717, 1.165) is 6.07 Å². The number of halogens is 2. The molecule has 0 aromatic heterocycles. The van der Waals surface area contributed by atoms with Crippen molar-refractivity contribution >= 4 is 23.4 Å². The number of aliphatic hydroxyl groups excluding tert-OH is 1. The first-order chi connectivity index (χ1) is 10.1. The van der Waals surface area contributed by atoms with Gasteiger partial charge in [-0.25, -0.2) is 4.39 Å². The van der Waals surface area contributed by atoms with Crippen molar-refractivity contribution in [3.8, 4) is 0 Å². The van der Waals surface area contributed by atoms with E-state index in [1.54, 1.807) is 0 Å². The van der Waals surface area contributed by atoms with Gasteiger partial charge in [-0.3, -0.25) is 9.59 Å². The Balaban J connectivity index is 2.49. The minimum Gasteiger partial charge on any atom is -0.391 e. The summed E-state index contributed by atoms with van der Waals surface area (Å²) in [6.45, 7) is 5.25. The summed E-state index contributed by atoms with van der Waals surface area (Å²) in [5.41, 5.74) is -0.663. The second kappa shape index (κ2) is 7.56.